The molecule has 1 atom stereocenters. The topological polar surface area (TPSA) is 92.4 Å². The van der Waals surface area contributed by atoms with E-state index in [0.29, 0.717) is 25.3 Å². The van der Waals surface area contributed by atoms with Crippen LogP contribution in [0.3, 0.4) is 0 Å². The van der Waals surface area contributed by atoms with Crippen LogP contribution in [-0.4, -0.2) is 29.6 Å². The summed E-state index contributed by atoms with van der Waals surface area (Å²) < 4.78 is 0. The van der Waals surface area contributed by atoms with Crippen molar-refractivity contribution in [2.75, 3.05) is 6.54 Å². The average molecular weight is 270 g/mol. The van der Waals surface area contributed by atoms with Crippen LogP contribution in [0.15, 0.2) is 0 Å². The smallest absolute Gasteiger partial charge is 0.306 e. The van der Waals surface area contributed by atoms with Gasteiger partial charge in [0.2, 0.25) is 5.91 Å². The highest BCUT2D eigenvalue weighted by atomic mass is 16.4. The molecule has 19 heavy (non-hydrogen) atoms. The maximum atomic E-state index is 11.9. The van der Waals surface area contributed by atoms with Crippen LogP contribution in [0.4, 0.5) is 0 Å². The van der Waals surface area contributed by atoms with Gasteiger partial charge in [0.15, 0.2) is 0 Å². The zero-order chi connectivity index (χ0) is 14.6. The summed E-state index contributed by atoms with van der Waals surface area (Å²) in [5.74, 6) is -0.638. The maximum Gasteiger partial charge on any atom is 0.306 e. The molecule has 0 bridgehead atoms. The van der Waals surface area contributed by atoms with Crippen molar-refractivity contribution >= 4 is 11.9 Å². The number of carbonyl (C=O) groups excluding carboxylic acids is 1. The Hall–Kier alpha value is -1.10. The first-order valence-corrected chi connectivity index (χ1v) is 6.98. The number of hydrogen-bond acceptors (Lipinski definition) is 3. The van der Waals surface area contributed by atoms with Gasteiger partial charge in [-0.15, -0.1) is 0 Å². The monoisotopic (exact) mass is 270 g/mol. The number of carboxylic acid groups (broad SMARTS) is 1. The highest BCUT2D eigenvalue weighted by molar-refractivity contribution is 5.82. The predicted molar refractivity (Wildman–Crippen MR) is 73.5 cm³/mol. The lowest BCUT2D eigenvalue weighted by molar-refractivity contribution is -0.143. The molecular formula is C14H26N2O3. The second kappa shape index (κ2) is 6.37. The van der Waals surface area contributed by atoms with Crippen LogP contribution in [0.25, 0.3) is 0 Å². The van der Waals surface area contributed by atoms with Gasteiger partial charge in [0.25, 0.3) is 0 Å². The molecular weight excluding hydrogens is 244 g/mol. The van der Waals surface area contributed by atoms with Crippen LogP contribution >= 0.6 is 0 Å². The first-order valence-electron chi connectivity index (χ1n) is 6.98. The summed E-state index contributed by atoms with van der Waals surface area (Å²) in [7, 11) is 0. The third-order valence-electron chi connectivity index (χ3n) is 3.98. The zero-order valence-corrected chi connectivity index (χ0v) is 12.1. The van der Waals surface area contributed by atoms with E-state index in [2.05, 4.69) is 5.32 Å². The lowest BCUT2D eigenvalue weighted by atomic mass is 9.82. The molecule has 0 spiro atoms. The molecule has 1 rings (SSSR count). The fourth-order valence-corrected chi connectivity index (χ4v) is 2.36. The molecule has 110 valence electrons. The van der Waals surface area contributed by atoms with Gasteiger partial charge in [-0.1, -0.05) is 20.8 Å². The van der Waals surface area contributed by atoms with Gasteiger partial charge < -0.3 is 16.2 Å². The number of carbonyl (C=O) groups is 2. The molecule has 0 radical (unpaired) electrons. The van der Waals surface area contributed by atoms with Gasteiger partial charge in [0.1, 0.15) is 0 Å². The third kappa shape index (κ3) is 4.82. The Labute approximate surface area is 114 Å². The Morgan fingerprint density at radius 2 is 1.79 bits per heavy atom. The number of carboxylic acids is 1. The van der Waals surface area contributed by atoms with E-state index in [4.69, 9.17) is 10.8 Å². The van der Waals surface area contributed by atoms with Gasteiger partial charge in [-0.2, -0.15) is 0 Å². The van der Waals surface area contributed by atoms with Crippen molar-refractivity contribution in [2.45, 2.75) is 52.5 Å². The van der Waals surface area contributed by atoms with E-state index in [0.717, 1.165) is 12.8 Å². The van der Waals surface area contributed by atoms with Gasteiger partial charge >= 0.3 is 5.97 Å². The normalized spacial score (nSPS) is 25.7. The van der Waals surface area contributed by atoms with Gasteiger partial charge in [-0.3, -0.25) is 9.59 Å². The molecule has 0 saturated heterocycles. The van der Waals surface area contributed by atoms with Gasteiger partial charge in [0, 0.05) is 6.54 Å². The summed E-state index contributed by atoms with van der Waals surface area (Å²) in [6.45, 7) is 6.43. The van der Waals surface area contributed by atoms with Crippen molar-refractivity contribution in [3.8, 4) is 0 Å². The molecule has 1 aliphatic carbocycles. The molecule has 0 heterocycles. The van der Waals surface area contributed by atoms with E-state index in [1.807, 2.05) is 20.8 Å². The fourth-order valence-electron chi connectivity index (χ4n) is 2.36. The molecule has 0 aliphatic heterocycles. The number of hydrogen-bond donors (Lipinski definition) is 3. The van der Waals surface area contributed by atoms with E-state index in [-0.39, 0.29) is 17.2 Å². The van der Waals surface area contributed by atoms with E-state index < -0.39 is 12.0 Å². The Morgan fingerprint density at radius 1 is 1.26 bits per heavy atom. The molecule has 1 amide bonds. The quantitative estimate of drug-likeness (QED) is 0.719. The first-order chi connectivity index (χ1) is 8.71. The van der Waals surface area contributed by atoms with Crippen LogP contribution in [0.5, 0.6) is 0 Å². The number of aliphatic carboxylic acids is 1. The standard InChI is InChI=1S/C14H26N2O3/c1-14(2,3)11(15)12(17)16-8-9-4-6-10(7-5-9)13(18)19/h9-11H,4-8,15H2,1-3H3,(H,16,17)(H,18,19)/t9?,10?,11-/m1/s1. The number of amides is 1. The lowest BCUT2D eigenvalue weighted by Gasteiger charge is -2.29. The van der Waals surface area contributed by atoms with Crippen molar-refractivity contribution < 1.29 is 14.7 Å². The van der Waals surface area contributed by atoms with Crippen molar-refractivity contribution in [3.05, 3.63) is 0 Å². The largest absolute Gasteiger partial charge is 0.481 e. The van der Waals surface area contributed by atoms with Crippen molar-refractivity contribution in [2.24, 2.45) is 23.0 Å². The van der Waals surface area contributed by atoms with Crippen LogP contribution in [-0.2, 0) is 9.59 Å². The molecule has 1 saturated carbocycles. The second-order valence-corrected chi connectivity index (χ2v) is 6.64. The van der Waals surface area contributed by atoms with E-state index in [1.54, 1.807) is 0 Å². The van der Waals surface area contributed by atoms with Gasteiger partial charge in [0.05, 0.1) is 12.0 Å². The molecule has 5 heteroatoms. The molecule has 0 aromatic carbocycles. The summed E-state index contributed by atoms with van der Waals surface area (Å²) in [5, 5.41) is 11.8. The second-order valence-electron chi connectivity index (χ2n) is 6.64. The molecule has 0 aromatic rings. The van der Waals surface area contributed by atoms with Crippen molar-refractivity contribution in [3.63, 3.8) is 0 Å². The SMILES string of the molecule is CC(C)(C)[C@H](N)C(=O)NCC1CCC(C(=O)O)CC1. The van der Waals surface area contributed by atoms with Crippen LogP contribution < -0.4 is 11.1 Å². The number of nitrogens with one attached hydrogen (secondary N) is 1. The fraction of sp³-hybridized carbons (Fsp3) is 0.857. The third-order valence-corrected chi connectivity index (χ3v) is 3.98. The summed E-state index contributed by atoms with van der Waals surface area (Å²) in [6.07, 6.45) is 3.15. The highest BCUT2D eigenvalue weighted by Gasteiger charge is 2.29. The van der Waals surface area contributed by atoms with Crippen molar-refractivity contribution in [1.29, 1.82) is 0 Å². The Bertz CT molecular complexity index is 328. The summed E-state index contributed by atoms with van der Waals surface area (Å²) in [6, 6.07) is -0.511. The molecule has 0 unspecified atom stereocenters. The number of rotatable bonds is 4. The van der Waals surface area contributed by atoms with E-state index in [1.165, 1.54) is 0 Å². The summed E-state index contributed by atoms with van der Waals surface area (Å²) >= 11 is 0. The summed E-state index contributed by atoms with van der Waals surface area (Å²) in [4.78, 5) is 22.7. The van der Waals surface area contributed by atoms with Crippen molar-refractivity contribution in [1.82, 2.24) is 5.32 Å². The molecule has 1 fully saturated rings. The average Bonchev–Trinajstić information content (AvgIpc) is 2.34. The minimum absolute atomic E-state index is 0.118. The van der Waals surface area contributed by atoms with Gasteiger partial charge in [-0.25, -0.2) is 0 Å². The molecule has 5 nitrogen and oxygen atoms in total. The van der Waals surface area contributed by atoms with Crippen LogP contribution in [0.2, 0.25) is 0 Å². The lowest BCUT2D eigenvalue weighted by Crippen LogP contribution is -2.49. The first kappa shape index (κ1) is 16.0. The summed E-state index contributed by atoms with van der Waals surface area (Å²) in [5.41, 5.74) is 5.64. The molecule has 4 N–H and O–H groups in total. The van der Waals surface area contributed by atoms with Crippen LogP contribution in [0.1, 0.15) is 46.5 Å². The van der Waals surface area contributed by atoms with Crippen LogP contribution in [0, 0.1) is 17.3 Å². The van der Waals surface area contributed by atoms with E-state index in [9.17, 15) is 9.59 Å². The Balaban J connectivity index is 2.31. The Morgan fingerprint density at radius 3 is 2.21 bits per heavy atom. The molecule has 1 aliphatic rings. The number of nitrogens with two attached hydrogens (primary N) is 1. The highest BCUT2D eigenvalue weighted by Crippen LogP contribution is 2.28. The molecule has 0 aromatic heterocycles. The predicted octanol–water partition coefficient (Wildman–Crippen LogP) is 1.37. The Kier molecular flexibility index (Phi) is 5.35. The minimum Gasteiger partial charge on any atom is -0.481 e. The zero-order valence-electron chi connectivity index (χ0n) is 12.1. The van der Waals surface area contributed by atoms with E-state index >= 15 is 0 Å². The minimum atomic E-state index is -0.697. The van der Waals surface area contributed by atoms with Gasteiger partial charge in [-0.05, 0) is 37.0 Å². The maximum absolute atomic E-state index is 11.9.